The van der Waals surface area contributed by atoms with Gasteiger partial charge in [0.05, 0.1) is 19.1 Å². The summed E-state index contributed by atoms with van der Waals surface area (Å²) in [6, 6.07) is 5.66. The van der Waals surface area contributed by atoms with Gasteiger partial charge in [0.25, 0.3) is 0 Å². The zero-order valence-corrected chi connectivity index (χ0v) is 13.9. The normalized spacial score (nSPS) is 34.2. The molecule has 0 saturated carbocycles. The molecule has 1 aromatic carbocycles. The summed E-state index contributed by atoms with van der Waals surface area (Å²) in [6.07, 6.45) is 2.32. The summed E-state index contributed by atoms with van der Waals surface area (Å²) >= 11 is 0. The maximum absolute atomic E-state index is 13.0. The number of rotatable bonds is 5. The molecule has 26 heavy (non-hydrogen) atoms. The minimum Gasteiger partial charge on any atom is -0.497 e. The average molecular weight is 359 g/mol. The molecule has 1 aromatic rings. The minimum atomic E-state index is -1.44. The Balaban J connectivity index is 1.74. The van der Waals surface area contributed by atoms with Gasteiger partial charge in [-0.3, -0.25) is 9.59 Å². The smallest absolute Gasteiger partial charge is 0.329 e. The first-order valence-corrected chi connectivity index (χ1v) is 8.15. The first-order valence-electron chi connectivity index (χ1n) is 8.15. The first-order chi connectivity index (χ1) is 12.4. The topological polar surface area (TPSA) is 113 Å². The van der Waals surface area contributed by atoms with Gasteiger partial charge < -0.3 is 24.6 Å². The molecule has 8 heteroatoms. The van der Waals surface area contributed by atoms with E-state index in [1.807, 2.05) is 0 Å². The summed E-state index contributed by atoms with van der Waals surface area (Å²) in [5.41, 5.74) is -0.749. The predicted molar refractivity (Wildman–Crippen MR) is 86.3 cm³/mol. The van der Waals surface area contributed by atoms with Crippen LogP contribution in [-0.2, 0) is 25.7 Å². The maximum Gasteiger partial charge on any atom is 0.329 e. The highest BCUT2D eigenvalue weighted by atomic mass is 16.5. The lowest BCUT2D eigenvalue weighted by Crippen LogP contribution is -2.50. The lowest BCUT2D eigenvalue weighted by molar-refractivity contribution is -0.153. The van der Waals surface area contributed by atoms with Crippen LogP contribution >= 0.6 is 0 Å². The van der Waals surface area contributed by atoms with Crippen molar-refractivity contribution in [3.63, 3.8) is 0 Å². The minimum absolute atomic E-state index is 0.0272. The van der Waals surface area contributed by atoms with Crippen LogP contribution < -0.4 is 4.74 Å². The van der Waals surface area contributed by atoms with E-state index in [0.29, 0.717) is 11.3 Å². The van der Waals surface area contributed by atoms with Gasteiger partial charge in [0.15, 0.2) is 6.04 Å². The Hall–Kier alpha value is -2.87. The largest absolute Gasteiger partial charge is 0.497 e. The van der Waals surface area contributed by atoms with E-state index in [0.717, 1.165) is 0 Å². The van der Waals surface area contributed by atoms with Crippen molar-refractivity contribution in [1.82, 2.24) is 4.90 Å². The van der Waals surface area contributed by atoms with Crippen LogP contribution in [0.25, 0.3) is 0 Å². The molecule has 0 aliphatic carbocycles. The number of amides is 1. The van der Waals surface area contributed by atoms with Crippen molar-refractivity contribution in [3.05, 3.63) is 42.0 Å². The van der Waals surface area contributed by atoms with Crippen molar-refractivity contribution in [2.45, 2.75) is 24.3 Å². The third kappa shape index (κ3) is 2.08. The monoisotopic (exact) mass is 359 g/mol. The fraction of sp³-hybridized carbons (Fsp3) is 0.389. The number of benzene rings is 1. The highest BCUT2D eigenvalue weighted by Gasteiger charge is 2.73. The maximum atomic E-state index is 13.0. The van der Waals surface area contributed by atoms with Crippen LogP contribution in [0.4, 0.5) is 0 Å². The molecule has 2 N–H and O–H groups in total. The molecule has 2 saturated heterocycles. The van der Waals surface area contributed by atoms with Crippen molar-refractivity contribution in [1.29, 1.82) is 0 Å². The van der Waals surface area contributed by atoms with Crippen LogP contribution in [0.3, 0.4) is 0 Å². The molecule has 4 rings (SSSR count). The molecule has 2 fully saturated rings. The fourth-order valence-electron chi connectivity index (χ4n) is 4.37. The third-order valence-corrected chi connectivity index (χ3v) is 5.38. The van der Waals surface area contributed by atoms with Gasteiger partial charge in [0, 0.05) is 6.54 Å². The van der Waals surface area contributed by atoms with E-state index < -0.39 is 47.4 Å². The number of nitrogens with zero attached hydrogens (tertiary/aromatic N) is 1. The number of carboxylic acid groups (broad SMARTS) is 2. The van der Waals surface area contributed by atoms with Crippen molar-refractivity contribution in [2.24, 2.45) is 11.8 Å². The van der Waals surface area contributed by atoms with Crippen LogP contribution in [0.2, 0.25) is 0 Å². The lowest BCUT2D eigenvalue weighted by atomic mass is 9.75. The molecular formula is C18H17NO7. The van der Waals surface area contributed by atoms with Gasteiger partial charge in [-0.15, -0.1) is 0 Å². The molecule has 1 spiro atoms. The Morgan fingerprint density at radius 3 is 2.73 bits per heavy atom. The number of ether oxygens (including phenoxy) is 2. The molecule has 5 unspecified atom stereocenters. The summed E-state index contributed by atoms with van der Waals surface area (Å²) in [7, 11) is 1.51. The van der Waals surface area contributed by atoms with E-state index >= 15 is 0 Å². The van der Waals surface area contributed by atoms with E-state index in [1.54, 1.807) is 36.4 Å². The number of hydrogen-bond acceptors (Lipinski definition) is 5. The molecule has 2 bridgehead atoms. The van der Waals surface area contributed by atoms with E-state index in [1.165, 1.54) is 12.0 Å². The summed E-state index contributed by atoms with van der Waals surface area (Å²) in [5.74, 6) is -4.43. The molecule has 3 heterocycles. The number of likely N-dealkylation sites (tertiary alicyclic amines) is 1. The second kappa shape index (κ2) is 5.57. The average Bonchev–Trinajstić information content (AvgIpc) is 3.23. The van der Waals surface area contributed by atoms with Crippen molar-refractivity contribution in [2.75, 3.05) is 7.11 Å². The number of aliphatic carboxylic acids is 2. The molecule has 136 valence electrons. The number of fused-ring (bicyclic) bond motifs is 1. The molecule has 5 atom stereocenters. The van der Waals surface area contributed by atoms with Crippen molar-refractivity contribution in [3.8, 4) is 5.75 Å². The second-order valence-electron chi connectivity index (χ2n) is 6.70. The van der Waals surface area contributed by atoms with Gasteiger partial charge >= 0.3 is 11.9 Å². The number of carbonyl (C=O) groups excluding carboxylic acids is 1. The zero-order chi connectivity index (χ0) is 18.6. The summed E-state index contributed by atoms with van der Waals surface area (Å²) in [5, 5.41) is 19.3. The Morgan fingerprint density at radius 1 is 1.31 bits per heavy atom. The Morgan fingerprint density at radius 2 is 2.08 bits per heavy atom. The Bertz CT molecular complexity index is 835. The summed E-state index contributed by atoms with van der Waals surface area (Å²) in [4.78, 5) is 37.9. The summed E-state index contributed by atoms with van der Waals surface area (Å²) < 4.78 is 10.9. The van der Waals surface area contributed by atoms with Gasteiger partial charge in [-0.2, -0.15) is 0 Å². The highest BCUT2D eigenvalue weighted by molar-refractivity contribution is 5.97. The third-order valence-electron chi connectivity index (χ3n) is 5.38. The van der Waals surface area contributed by atoms with E-state index in [2.05, 4.69) is 0 Å². The van der Waals surface area contributed by atoms with Crippen LogP contribution in [0.15, 0.2) is 36.4 Å². The predicted octanol–water partition coefficient (Wildman–Crippen LogP) is 0.515. The fourth-order valence-corrected chi connectivity index (χ4v) is 4.37. The Labute approximate surface area is 148 Å². The van der Waals surface area contributed by atoms with Gasteiger partial charge in [0.1, 0.15) is 17.3 Å². The SMILES string of the molecule is COc1cccc(CN2C(=O)C3C(C(=O)O)C4C=CC3(O4)C2C(=O)O)c1. The number of hydrogen-bond donors (Lipinski definition) is 2. The zero-order valence-electron chi connectivity index (χ0n) is 13.9. The molecule has 3 aliphatic rings. The number of carbonyl (C=O) groups is 3. The van der Waals surface area contributed by atoms with Gasteiger partial charge in [-0.05, 0) is 17.7 Å². The van der Waals surface area contributed by atoms with Crippen molar-refractivity contribution < 1.29 is 34.1 Å². The van der Waals surface area contributed by atoms with Gasteiger partial charge in [-0.25, -0.2) is 4.79 Å². The molecular weight excluding hydrogens is 342 g/mol. The van der Waals surface area contributed by atoms with Gasteiger partial charge in [0.2, 0.25) is 5.91 Å². The molecule has 8 nitrogen and oxygen atoms in total. The first kappa shape index (κ1) is 16.6. The van der Waals surface area contributed by atoms with Crippen LogP contribution in [0, 0.1) is 11.8 Å². The van der Waals surface area contributed by atoms with Crippen LogP contribution in [0.1, 0.15) is 5.56 Å². The van der Waals surface area contributed by atoms with Gasteiger partial charge in [-0.1, -0.05) is 24.3 Å². The van der Waals surface area contributed by atoms with Crippen molar-refractivity contribution >= 4 is 17.8 Å². The molecule has 0 aromatic heterocycles. The van der Waals surface area contributed by atoms with E-state index in [-0.39, 0.29) is 6.54 Å². The molecule has 3 aliphatic heterocycles. The Kier molecular flexibility index (Phi) is 3.55. The quantitative estimate of drug-likeness (QED) is 0.737. The molecule has 1 amide bonds. The van der Waals surface area contributed by atoms with E-state index in [4.69, 9.17) is 9.47 Å². The van der Waals surface area contributed by atoms with Crippen LogP contribution in [0.5, 0.6) is 5.75 Å². The highest BCUT2D eigenvalue weighted by Crippen LogP contribution is 2.55. The standard InChI is InChI=1S/C18H17NO7/c1-25-10-4-2-3-9(7-10)8-19-14(17(23)24)18-6-5-11(26-18)12(16(21)22)13(18)15(19)20/h2-7,11-14H,8H2,1H3,(H,21,22)(H,23,24). The number of methoxy groups -OCH3 is 1. The van der Waals surface area contributed by atoms with Crippen LogP contribution in [-0.4, -0.2) is 57.8 Å². The second-order valence-corrected chi connectivity index (χ2v) is 6.70. The lowest BCUT2D eigenvalue weighted by Gasteiger charge is -2.29. The summed E-state index contributed by atoms with van der Waals surface area (Å²) in [6.45, 7) is 0.0272. The molecule has 0 radical (unpaired) electrons. The van der Waals surface area contributed by atoms with E-state index in [9.17, 15) is 24.6 Å². The number of carboxylic acids is 2.